The van der Waals surface area contributed by atoms with Crippen LogP contribution in [0.4, 0.5) is 0 Å². The molecule has 0 spiro atoms. The van der Waals surface area contributed by atoms with Crippen molar-refractivity contribution >= 4 is 27.0 Å². The molecule has 3 aromatic rings. The molecule has 1 amide bonds. The molecule has 32 heavy (non-hydrogen) atoms. The first-order valence-corrected chi connectivity index (χ1v) is 12.4. The van der Waals surface area contributed by atoms with Crippen molar-refractivity contribution in [2.45, 2.75) is 25.5 Å². The molecule has 0 atom stereocenters. The van der Waals surface area contributed by atoms with Crippen molar-refractivity contribution in [2.75, 3.05) is 26.7 Å². The van der Waals surface area contributed by atoms with Crippen molar-refractivity contribution < 1.29 is 17.9 Å². The molecule has 0 aliphatic carbocycles. The number of sulfonamides is 1. The highest BCUT2D eigenvalue weighted by atomic mass is 32.2. The van der Waals surface area contributed by atoms with Gasteiger partial charge in [0.2, 0.25) is 15.9 Å². The van der Waals surface area contributed by atoms with E-state index in [0.717, 1.165) is 59.4 Å². The molecule has 0 saturated carbocycles. The fraction of sp³-hybridized carbons (Fsp3) is 0.391. The van der Waals surface area contributed by atoms with Crippen molar-refractivity contribution in [2.24, 2.45) is 5.92 Å². The number of amides is 1. The molecule has 0 unspecified atom stereocenters. The van der Waals surface area contributed by atoms with Crippen molar-refractivity contribution in [1.82, 2.24) is 19.6 Å². The Kier molecular flexibility index (Phi) is 6.48. The molecule has 170 valence electrons. The summed E-state index contributed by atoms with van der Waals surface area (Å²) in [6, 6.07) is 9.35. The van der Waals surface area contributed by atoms with E-state index in [0.29, 0.717) is 12.5 Å². The number of piperidine rings is 1. The minimum Gasteiger partial charge on any atom is -0.492 e. The number of fused-ring (bicyclic) bond motifs is 1. The third-order valence-corrected chi connectivity index (χ3v) is 7.34. The Morgan fingerprint density at radius 1 is 1.22 bits per heavy atom. The van der Waals surface area contributed by atoms with Gasteiger partial charge in [-0.3, -0.25) is 4.79 Å². The standard InChI is InChI=1S/C23H28N4O4S/c1-16(28)27-11-8-17(9-12-27)14-31-21-7-10-25-23-22(21)20(13-26-23)19-5-3-18(4-6-19)15-32(29,30)24-2/h3-7,10,13,17,24H,8-9,11-12,14-15H2,1-2H3,(H,25,26). The second kappa shape index (κ2) is 9.30. The van der Waals surface area contributed by atoms with Gasteiger partial charge < -0.3 is 14.6 Å². The Bertz CT molecular complexity index is 1200. The lowest BCUT2D eigenvalue weighted by molar-refractivity contribution is -0.130. The Hall–Kier alpha value is -2.91. The fourth-order valence-electron chi connectivity index (χ4n) is 4.07. The van der Waals surface area contributed by atoms with Crippen molar-refractivity contribution in [3.05, 3.63) is 48.3 Å². The highest BCUT2D eigenvalue weighted by Gasteiger charge is 2.22. The summed E-state index contributed by atoms with van der Waals surface area (Å²) in [6.45, 7) is 3.76. The first kappa shape index (κ1) is 22.3. The molecule has 1 aliphatic rings. The number of pyridine rings is 1. The van der Waals surface area contributed by atoms with E-state index in [1.807, 2.05) is 41.4 Å². The van der Waals surface area contributed by atoms with E-state index in [2.05, 4.69) is 14.7 Å². The number of likely N-dealkylation sites (tertiary alicyclic amines) is 1. The molecule has 1 saturated heterocycles. The maximum absolute atomic E-state index is 11.8. The van der Waals surface area contributed by atoms with E-state index >= 15 is 0 Å². The van der Waals surface area contributed by atoms with Gasteiger partial charge in [-0.05, 0) is 43.0 Å². The van der Waals surface area contributed by atoms with E-state index < -0.39 is 10.0 Å². The van der Waals surface area contributed by atoms with Gasteiger partial charge in [0.1, 0.15) is 11.4 Å². The number of rotatable bonds is 7. The van der Waals surface area contributed by atoms with Crippen LogP contribution in [0.15, 0.2) is 42.7 Å². The Balaban J connectivity index is 1.51. The van der Waals surface area contributed by atoms with Crippen LogP contribution in [0.25, 0.3) is 22.2 Å². The number of H-pyrrole nitrogens is 1. The Labute approximate surface area is 188 Å². The Morgan fingerprint density at radius 3 is 2.59 bits per heavy atom. The van der Waals surface area contributed by atoms with Crippen LogP contribution in [-0.4, -0.2) is 55.9 Å². The Morgan fingerprint density at radius 2 is 1.94 bits per heavy atom. The maximum atomic E-state index is 11.8. The second-order valence-electron chi connectivity index (χ2n) is 8.16. The van der Waals surface area contributed by atoms with Gasteiger partial charge in [0.25, 0.3) is 0 Å². The lowest BCUT2D eigenvalue weighted by Crippen LogP contribution is -2.38. The largest absolute Gasteiger partial charge is 0.492 e. The van der Waals surface area contributed by atoms with Crippen LogP contribution in [0.2, 0.25) is 0 Å². The number of aromatic amines is 1. The third-order valence-electron chi connectivity index (χ3n) is 6.00. The zero-order valence-corrected chi connectivity index (χ0v) is 19.1. The van der Waals surface area contributed by atoms with E-state index in [-0.39, 0.29) is 11.7 Å². The van der Waals surface area contributed by atoms with Gasteiger partial charge in [-0.1, -0.05) is 24.3 Å². The minimum atomic E-state index is -3.31. The van der Waals surface area contributed by atoms with Crippen LogP contribution in [0.5, 0.6) is 5.75 Å². The van der Waals surface area contributed by atoms with E-state index in [1.165, 1.54) is 7.05 Å². The number of nitrogens with zero attached hydrogens (tertiary/aromatic N) is 2. The summed E-state index contributed by atoms with van der Waals surface area (Å²) >= 11 is 0. The van der Waals surface area contributed by atoms with Gasteiger partial charge in [-0.15, -0.1) is 0 Å². The number of hydrogen-bond donors (Lipinski definition) is 2. The van der Waals surface area contributed by atoms with Crippen LogP contribution in [-0.2, 0) is 20.6 Å². The molecule has 0 radical (unpaired) electrons. The number of carbonyl (C=O) groups excluding carboxylic acids is 1. The van der Waals surface area contributed by atoms with Crippen molar-refractivity contribution in [3.63, 3.8) is 0 Å². The first-order valence-electron chi connectivity index (χ1n) is 10.7. The van der Waals surface area contributed by atoms with Gasteiger partial charge in [0.15, 0.2) is 0 Å². The van der Waals surface area contributed by atoms with Crippen LogP contribution >= 0.6 is 0 Å². The number of benzene rings is 1. The molecular formula is C23H28N4O4S. The van der Waals surface area contributed by atoms with Crippen LogP contribution in [0, 0.1) is 5.92 Å². The highest BCUT2D eigenvalue weighted by molar-refractivity contribution is 7.88. The molecule has 1 aliphatic heterocycles. The summed E-state index contributed by atoms with van der Waals surface area (Å²) in [5.74, 6) is 1.24. The summed E-state index contributed by atoms with van der Waals surface area (Å²) in [4.78, 5) is 21.0. The van der Waals surface area contributed by atoms with Crippen LogP contribution in [0.1, 0.15) is 25.3 Å². The lowest BCUT2D eigenvalue weighted by Gasteiger charge is -2.31. The maximum Gasteiger partial charge on any atom is 0.219 e. The molecule has 9 heteroatoms. The minimum absolute atomic E-state index is 0.0595. The smallest absolute Gasteiger partial charge is 0.219 e. The van der Waals surface area contributed by atoms with Gasteiger partial charge in [-0.2, -0.15) is 0 Å². The van der Waals surface area contributed by atoms with E-state index in [1.54, 1.807) is 13.1 Å². The van der Waals surface area contributed by atoms with E-state index in [4.69, 9.17) is 4.74 Å². The monoisotopic (exact) mass is 456 g/mol. The summed E-state index contributed by atoms with van der Waals surface area (Å²) in [6.07, 6.45) is 5.49. The molecule has 1 aromatic carbocycles. The zero-order valence-electron chi connectivity index (χ0n) is 18.3. The molecule has 4 rings (SSSR count). The zero-order chi connectivity index (χ0) is 22.7. The molecular weight excluding hydrogens is 428 g/mol. The van der Waals surface area contributed by atoms with E-state index in [9.17, 15) is 13.2 Å². The summed E-state index contributed by atoms with van der Waals surface area (Å²) in [7, 11) is -1.90. The van der Waals surface area contributed by atoms with Crippen LogP contribution < -0.4 is 9.46 Å². The average Bonchev–Trinajstić information content (AvgIpc) is 3.23. The second-order valence-corrected chi connectivity index (χ2v) is 10.1. The molecule has 3 heterocycles. The van der Waals surface area contributed by atoms with Gasteiger partial charge in [0, 0.05) is 38.0 Å². The molecule has 8 nitrogen and oxygen atoms in total. The van der Waals surface area contributed by atoms with Crippen LogP contribution in [0.3, 0.4) is 0 Å². The SMILES string of the molecule is CNS(=O)(=O)Cc1ccc(-c2c[nH]c3nccc(OCC4CCN(C(C)=O)CC4)c23)cc1. The third kappa shape index (κ3) is 4.94. The number of ether oxygens (including phenoxy) is 1. The van der Waals surface area contributed by atoms with Gasteiger partial charge >= 0.3 is 0 Å². The topological polar surface area (TPSA) is 104 Å². The van der Waals surface area contributed by atoms with Gasteiger partial charge in [0.05, 0.1) is 17.7 Å². The summed E-state index contributed by atoms with van der Waals surface area (Å²) < 4.78 is 32.2. The lowest BCUT2D eigenvalue weighted by atomic mass is 9.98. The van der Waals surface area contributed by atoms with Crippen molar-refractivity contribution in [3.8, 4) is 16.9 Å². The van der Waals surface area contributed by atoms with Crippen molar-refractivity contribution in [1.29, 1.82) is 0 Å². The normalized spacial score (nSPS) is 15.2. The molecule has 1 fully saturated rings. The number of aromatic nitrogens is 2. The average molecular weight is 457 g/mol. The quantitative estimate of drug-likeness (QED) is 0.569. The highest BCUT2D eigenvalue weighted by Crippen LogP contribution is 2.35. The molecule has 0 bridgehead atoms. The first-order chi connectivity index (χ1) is 15.4. The fourth-order valence-corrected chi connectivity index (χ4v) is 4.84. The predicted molar refractivity (Wildman–Crippen MR) is 124 cm³/mol. The summed E-state index contributed by atoms with van der Waals surface area (Å²) in [5, 5.41) is 0.907. The van der Waals surface area contributed by atoms with Gasteiger partial charge in [-0.25, -0.2) is 18.1 Å². The number of nitrogens with one attached hydrogen (secondary N) is 2. The molecule has 2 aromatic heterocycles. The summed E-state index contributed by atoms with van der Waals surface area (Å²) in [5.41, 5.74) is 3.37. The number of carbonyl (C=O) groups is 1. The predicted octanol–water partition coefficient (Wildman–Crippen LogP) is 2.92. The number of hydrogen-bond acceptors (Lipinski definition) is 5. The molecule has 2 N–H and O–H groups in total.